The molecule has 0 spiro atoms. The van der Waals surface area contributed by atoms with Gasteiger partial charge in [-0.1, -0.05) is 26.0 Å². The number of para-hydroxylation sites is 1. The summed E-state index contributed by atoms with van der Waals surface area (Å²) in [7, 11) is 0. The monoisotopic (exact) mass is 141 g/mol. The Morgan fingerprint density at radius 1 is 1.20 bits per heavy atom. The van der Waals surface area contributed by atoms with Crippen LogP contribution in [0.4, 0.5) is 10.1 Å². The van der Waals surface area contributed by atoms with Gasteiger partial charge in [-0.05, 0) is 12.1 Å². The molecule has 10 heavy (non-hydrogen) atoms. The van der Waals surface area contributed by atoms with E-state index in [1.807, 2.05) is 13.8 Å². The maximum Gasteiger partial charge on any atom is 0.146 e. The van der Waals surface area contributed by atoms with Gasteiger partial charge in [0.1, 0.15) is 5.82 Å². The third-order valence-corrected chi connectivity index (χ3v) is 0.905. The first-order chi connectivity index (χ1) is 4.80. The molecular formula is C8H12FN. The van der Waals surface area contributed by atoms with Crippen molar-refractivity contribution in [3.8, 4) is 0 Å². The van der Waals surface area contributed by atoms with Crippen LogP contribution in [0.25, 0.3) is 0 Å². The van der Waals surface area contributed by atoms with E-state index < -0.39 is 0 Å². The molecule has 0 aliphatic rings. The Morgan fingerprint density at radius 2 is 1.70 bits per heavy atom. The fourth-order valence-corrected chi connectivity index (χ4v) is 0.475. The van der Waals surface area contributed by atoms with Crippen molar-refractivity contribution in [3.63, 3.8) is 0 Å². The molecule has 0 amide bonds. The van der Waals surface area contributed by atoms with E-state index in [2.05, 4.69) is 0 Å². The average Bonchev–Trinajstić information content (AvgIpc) is 2.00. The van der Waals surface area contributed by atoms with E-state index in [0.717, 1.165) is 0 Å². The minimum absolute atomic E-state index is 0.201. The highest BCUT2D eigenvalue weighted by Gasteiger charge is 1.89. The first kappa shape index (κ1) is 8.95. The molecule has 0 unspecified atom stereocenters. The Bertz CT molecular complexity index is 165. The molecule has 0 fully saturated rings. The van der Waals surface area contributed by atoms with Crippen molar-refractivity contribution >= 4 is 5.69 Å². The highest BCUT2D eigenvalue weighted by Crippen LogP contribution is 2.05. The topological polar surface area (TPSA) is 26.0 Å². The van der Waals surface area contributed by atoms with Crippen molar-refractivity contribution in [2.75, 3.05) is 5.73 Å². The molecule has 0 saturated carbocycles. The van der Waals surface area contributed by atoms with E-state index in [1.165, 1.54) is 12.1 Å². The Morgan fingerprint density at radius 3 is 2.00 bits per heavy atom. The summed E-state index contributed by atoms with van der Waals surface area (Å²) >= 11 is 0. The van der Waals surface area contributed by atoms with E-state index >= 15 is 0 Å². The summed E-state index contributed by atoms with van der Waals surface area (Å²) in [4.78, 5) is 0. The van der Waals surface area contributed by atoms with Crippen molar-refractivity contribution in [2.24, 2.45) is 0 Å². The summed E-state index contributed by atoms with van der Waals surface area (Å²) in [5.41, 5.74) is 5.35. The van der Waals surface area contributed by atoms with Gasteiger partial charge in [0.25, 0.3) is 0 Å². The lowest BCUT2D eigenvalue weighted by atomic mass is 10.3. The maximum atomic E-state index is 12.2. The smallest absolute Gasteiger partial charge is 0.146 e. The summed E-state index contributed by atoms with van der Waals surface area (Å²) in [6.07, 6.45) is 0. The summed E-state index contributed by atoms with van der Waals surface area (Å²) in [5.74, 6) is -0.354. The predicted molar refractivity (Wildman–Crippen MR) is 42.2 cm³/mol. The van der Waals surface area contributed by atoms with Crippen LogP contribution >= 0.6 is 0 Å². The average molecular weight is 141 g/mol. The molecule has 0 bridgehead atoms. The van der Waals surface area contributed by atoms with Crippen LogP contribution < -0.4 is 5.73 Å². The van der Waals surface area contributed by atoms with Crippen LogP contribution in [0.15, 0.2) is 24.3 Å². The SMILES string of the molecule is CC.Nc1ccccc1F. The highest BCUT2D eigenvalue weighted by molar-refractivity contribution is 5.38. The van der Waals surface area contributed by atoms with E-state index in [1.54, 1.807) is 12.1 Å². The highest BCUT2D eigenvalue weighted by atomic mass is 19.1. The number of nitrogens with two attached hydrogens (primary N) is 1. The zero-order chi connectivity index (χ0) is 7.98. The second kappa shape index (κ2) is 4.79. The number of hydrogen-bond donors (Lipinski definition) is 1. The minimum Gasteiger partial charge on any atom is -0.396 e. The van der Waals surface area contributed by atoms with Crippen molar-refractivity contribution in [3.05, 3.63) is 30.1 Å². The van der Waals surface area contributed by atoms with Crippen molar-refractivity contribution < 1.29 is 4.39 Å². The van der Waals surface area contributed by atoms with E-state index in [-0.39, 0.29) is 11.5 Å². The predicted octanol–water partition coefficient (Wildman–Crippen LogP) is 2.43. The molecule has 0 atom stereocenters. The molecule has 0 aliphatic heterocycles. The molecule has 1 aromatic rings. The van der Waals surface area contributed by atoms with Crippen molar-refractivity contribution in [1.82, 2.24) is 0 Å². The molecular weight excluding hydrogens is 129 g/mol. The quantitative estimate of drug-likeness (QED) is 0.552. The number of anilines is 1. The molecule has 0 heterocycles. The van der Waals surface area contributed by atoms with Gasteiger partial charge in [0.15, 0.2) is 0 Å². The summed E-state index contributed by atoms with van der Waals surface area (Å²) < 4.78 is 12.2. The Labute approximate surface area is 60.7 Å². The van der Waals surface area contributed by atoms with E-state index in [9.17, 15) is 4.39 Å². The van der Waals surface area contributed by atoms with Gasteiger partial charge in [-0.2, -0.15) is 0 Å². The van der Waals surface area contributed by atoms with Crippen LogP contribution in [0.1, 0.15) is 13.8 Å². The zero-order valence-corrected chi connectivity index (χ0v) is 6.26. The number of halogens is 1. The number of benzene rings is 1. The summed E-state index contributed by atoms with van der Waals surface area (Å²) in [6, 6.07) is 6.15. The maximum absolute atomic E-state index is 12.2. The van der Waals surface area contributed by atoms with Gasteiger partial charge in [-0.15, -0.1) is 0 Å². The molecule has 2 N–H and O–H groups in total. The lowest BCUT2D eigenvalue weighted by Gasteiger charge is -1.89. The molecule has 1 aromatic carbocycles. The lowest BCUT2D eigenvalue weighted by Crippen LogP contribution is -1.86. The largest absolute Gasteiger partial charge is 0.396 e. The number of nitrogen functional groups attached to an aromatic ring is 1. The molecule has 1 nitrogen and oxygen atoms in total. The minimum atomic E-state index is -0.354. The Balaban J connectivity index is 0.000000371. The molecule has 2 heteroatoms. The van der Waals surface area contributed by atoms with E-state index in [0.29, 0.717) is 0 Å². The Kier molecular flexibility index (Phi) is 4.29. The third-order valence-electron chi connectivity index (χ3n) is 0.905. The first-order valence-electron chi connectivity index (χ1n) is 3.31. The molecule has 0 aromatic heterocycles. The second-order valence-corrected chi connectivity index (χ2v) is 1.52. The number of rotatable bonds is 0. The summed E-state index contributed by atoms with van der Waals surface area (Å²) in [6.45, 7) is 4.00. The van der Waals surface area contributed by atoms with Gasteiger partial charge in [0.2, 0.25) is 0 Å². The lowest BCUT2D eigenvalue weighted by molar-refractivity contribution is 0.632. The van der Waals surface area contributed by atoms with E-state index in [4.69, 9.17) is 5.73 Å². The fraction of sp³-hybridized carbons (Fsp3) is 0.250. The van der Waals surface area contributed by atoms with Gasteiger partial charge >= 0.3 is 0 Å². The van der Waals surface area contributed by atoms with Crippen LogP contribution in [0.2, 0.25) is 0 Å². The van der Waals surface area contributed by atoms with Crippen LogP contribution in [0.5, 0.6) is 0 Å². The molecule has 0 saturated heterocycles. The van der Waals surface area contributed by atoms with Gasteiger partial charge in [-0.3, -0.25) is 0 Å². The first-order valence-corrected chi connectivity index (χ1v) is 3.31. The normalized spacial score (nSPS) is 7.90. The van der Waals surface area contributed by atoms with Gasteiger partial charge < -0.3 is 5.73 Å². The standard InChI is InChI=1S/C6H6FN.C2H6/c7-5-3-1-2-4-6(5)8;1-2/h1-4H,8H2;1-2H3. The number of hydrogen-bond acceptors (Lipinski definition) is 1. The van der Waals surface area contributed by atoms with Crippen LogP contribution in [0.3, 0.4) is 0 Å². The van der Waals surface area contributed by atoms with Gasteiger partial charge in [0, 0.05) is 0 Å². The molecule has 0 aliphatic carbocycles. The summed E-state index contributed by atoms with van der Waals surface area (Å²) in [5, 5.41) is 0. The van der Waals surface area contributed by atoms with Crippen molar-refractivity contribution in [1.29, 1.82) is 0 Å². The third kappa shape index (κ3) is 2.49. The van der Waals surface area contributed by atoms with Gasteiger partial charge in [-0.25, -0.2) is 4.39 Å². The van der Waals surface area contributed by atoms with Gasteiger partial charge in [0.05, 0.1) is 5.69 Å². The van der Waals surface area contributed by atoms with Crippen LogP contribution in [-0.2, 0) is 0 Å². The Hall–Kier alpha value is -1.05. The molecule has 1 rings (SSSR count). The molecule has 0 radical (unpaired) electrons. The van der Waals surface area contributed by atoms with Crippen LogP contribution in [0, 0.1) is 5.82 Å². The molecule has 56 valence electrons. The van der Waals surface area contributed by atoms with Crippen molar-refractivity contribution in [2.45, 2.75) is 13.8 Å². The second-order valence-electron chi connectivity index (χ2n) is 1.52. The zero-order valence-electron chi connectivity index (χ0n) is 6.26. The van der Waals surface area contributed by atoms with Crippen LogP contribution in [-0.4, -0.2) is 0 Å². The fourth-order valence-electron chi connectivity index (χ4n) is 0.475.